The molecule has 2 amide bonds. The maximum Gasteiger partial charge on any atom is 0.278 e. The van der Waals surface area contributed by atoms with Crippen molar-refractivity contribution < 1.29 is 19.4 Å². The first kappa shape index (κ1) is 21.6. The van der Waals surface area contributed by atoms with Crippen LogP contribution in [0.5, 0.6) is 5.75 Å². The number of aliphatic hydroxyl groups excluding tert-OH is 1. The highest BCUT2D eigenvalue weighted by atomic mass is 32.1. The predicted molar refractivity (Wildman–Crippen MR) is 121 cm³/mol. The van der Waals surface area contributed by atoms with Gasteiger partial charge in [-0.1, -0.05) is 12.1 Å². The number of imide groups is 1. The summed E-state index contributed by atoms with van der Waals surface area (Å²) in [6, 6.07) is 9.74. The Morgan fingerprint density at radius 3 is 2.61 bits per heavy atom. The standard InChI is InChI=1S/C24H28N2O4S/c1-16-11-17(2)13-19(12-16)30-9-8-26-23(28)21(20-6-4-10-31-20)22(24(26)29)25-7-3-5-18(14-25)15-27/h4,6,10-13,18,27H,3,5,7-9,14-15H2,1-2H3. The highest BCUT2D eigenvalue weighted by Crippen LogP contribution is 2.35. The normalized spacial score (nSPS) is 19.5. The van der Waals surface area contributed by atoms with Crippen molar-refractivity contribution in [1.29, 1.82) is 0 Å². The van der Waals surface area contributed by atoms with Gasteiger partial charge in [-0.05, 0) is 67.3 Å². The van der Waals surface area contributed by atoms with Crippen LogP contribution in [0.2, 0.25) is 0 Å². The van der Waals surface area contributed by atoms with E-state index in [4.69, 9.17) is 4.74 Å². The van der Waals surface area contributed by atoms with Crippen LogP contribution in [0, 0.1) is 19.8 Å². The Morgan fingerprint density at radius 1 is 1.16 bits per heavy atom. The van der Waals surface area contributed by atoms with Crippen molar-refractivity contribution in [2.45, 2.75) is 26.7 Å². The van der Waals surface area contributed by atoms with E-state index in [1.54, 1.807) is 0 Å². The molecule has 1 aromatic heterocycles. The average Bonchev–Trinajstić information content (AvgIpc) is 3.35. The summed E-state index contributed by atoms with van der Waals surface area (Å²) < 4.78 is 5.86. The summed E-state index contributed by atoms with van der Waals surface area (Å²) in [6.07, 6.45) is 1.83. The molecule has 1 unspecified atom stereocenters. The highest BCUT2D eigenvalue weighted by Gasteiger charge is 2.42. The molecule has 1 fully saturated rings. The van der Waals surface area contributed by atoms with Gasteiger partial charge in [0.25, 0.3) is 11.8 Å². The number of carbonyl (C=O) groups excluding carboxylic acids is 2. The predicted octanol–water partition coefficient (Wildman–Crippen LogP) is 3.23. The SMILES string of the molecule is Cc1cc(C)cc(OCCN2C(=O)C(c3cccs3)=C(N3CCCC(CO)C3)C2=O)c1. The molecule has 2 aromatic rings. The van der Waals surface area contributed by atoms with Gasteiger partial charge in [0.2, 0.25) is 0 Å². The van der Waals surface area contributed by atoms with E-state index in [2.05, 4.69) is 6.07 Å². The fourth-order valence-electron chi connectivity index (χ4n) is 4.39. The minimum atomic E-state index is -0.268. The number of carbonyl (C=O) groups is 2. The van der Waals surface area contributed by atoms with Crippen LogP contribution in [0.25, 0.3) is 5.57 Å². The van der Waals surface area contributed by atoms with Crippen LogP contribution in [-0.4, -0.2) is 59.6 Å². The second-order valence-electron chi connectivity index (χ2n) is 8.27. The smallest absolute Gasteiger partial charge is 0.278 e. The molecule has 0 saturated carbocycles. The molecular formula is C24H28N2O4S. The lowest BCUT2D eigenvalue weighted by Gasteiger charge is -2.34. The molecule has 7 heteroatoms. The number of thiophene rings is 1. The lowest BCUT2D eigenvalue weighted by Crippen LogP contribution is -2.41. The summed E-state index contributed by atoms with van der Waals surface area (Å²) >= 11 is 1.46. The second-order valence-corrected chi connectivity index (χ2v) is 9.22. The van der Waals surface area contributed by atoms with E-state index >= 15 is 0 Å². The largest absolute Gasteiger partial charge is 0.492 e. The number of amides is 2. The second kappa shape index (κ2) is 9.24. The van der Waals surface area contributed by atoms with Crippen LogP contribution in [0.1, 0.15) is 28.8 Å². The van der Waals surface area contributed by atoms with E-state index in [0.29, 0.717) is 24.4 Å². The van der Waals surface area contributed by atoms with Crippen molar-refractivity contribution in [3.05, 3.63) is 57.4 Å². The monoisotopic (exact) mass is 440 g/mol. The van der Waals surface area contributed by atoms with Crippen molar-refractivity contribution in [2.24, 2.45) is 5.92 Å². The Labute approximate surface area is 186 Å². The Hall–Kier alpha value is -2.64. The van der Waals surface area contributed by atoms with Crippen LogP contribution in [-0.2, 0) is 9.59 Å². The van der Waals surface area contributed by atoms with E-state index in [1.165, 1.54) is 16.2 Å². The van der Waals surface area contributed by atoms with Gasteiger partial charge in [0.15, 0.2) is 0 Å². The highest BCUT2D eigenvalue weighted by molar-refractivity contribution is 7.11. The summed E-state index contributed by atoms with van der Waals surface area (Å²) in [6.45, 7) is 5.85. The number of hydrogen-bond donors (Lipinski definition) is 1. The van der Waals surface area contributed by atoms with Gasteiger partial charge in [0.1, 0.15) is 18.1 Å². The topological polar surface area (TPSA) is 70.1 Å². The zero-order chi connectivity index (χ0) is 22.0. The minimum Gasteiger partial charge on any atom is -0.492 e. The zero-order valence-electron chi connectivity index (χ0n) is 18.0. The van der Waals surface area contributed by atoms with Gasteiger partial charge in [-0.3, -0.25) is 14.5 Å². The van der Waals surface area contributed by atoms with Gasteiger partial charge in [0.05, 0.1) is 12.1 Å². The van der Waals surface area contributed by atoms with Crippen LogP contribution in [0.15, 0.2) is 41.4 Å². The van der Waals surface area contributed by atoms with Crippen LogP contribution in [0.4, 0.5) is 0 Å². The molecule has 1 aromatic carbocycles. The van der Waals surface area contributed by atoms with Crippen molar-refractivity contribution >= 4 is 28.7 Å². The lowest BCUT2D eigenvalue weighted by atomic mass is 9.98. The maximum atomic E-state index is 13.4. The number of aryl methyl sites for hydroxylation is 2. The third kappa shape index (κ3) is 4.52. The molecule has 0 radical (unpaired) electrons. The van der Waals surface area contributed by atoms with Crippen LogP contribution >= 0.6 is 11.3 Å². The molecule has 1 N–H and O–H groups in total. The molecule has 164 valence electrons. The van der Waals surface area contributed by atoms with Gasteiger partial charge < -0.3 is 14.7 Å². The number of hydrogen-bond acceptors (Lipinski definition) is 6. The molecular weight excluding hydrogens is 412 g/mol. The van der Waals surface area contributed by atoms with E-state index in [9.17, 15) is 14.7 Å². The number of ether oxygens (including phenoxy) is 1. The summed E-state index contributed by atoms with van der Waals surface area (Å²) in [5.41, 5.74) is 3.16. The first-order valence-electron chi connectivity index (χ1n) is 10.7. The fourth-order valence-corrected chi connectivity index (χ4v) is 5.15. The summed E-state index contributed by atoms with van der Waals surface area (Å²) in [5.74, 6) is 0.328. The number of piperidine rings is 1. The van der Waals surface area contributed by atoms with Crippen LogP contribution in [0.3, 0.4) is 0 Å². The maximum absolute atomic E-state index is 13.4. The van der Waals surface area contributed by atoms with Gasteiger partial charge in [-0.15, -0.1) is 11.3 Å². The quantitative estimate of drug-likeness (QED) is 0.670. The fraction of sp³-hybridized carbons (Fsp3) is 0.417. The molecule has 4 rings (SSSR count). The van der Waals surface area contributed by atoms with E-state index in [-0.39, 0.29) is 37.5 Å². The number of benzene rings is 1. The number of aliphatic hydroxyl groups is 1. The Bertz CT molecular complexity index is 979. The Kier molecular flexibility index (Phi) is 6.43. The third-order valence-corrected chi connectivity index (χ3v) is 6.67. The molecule has 31 heavy (non-hydrogen) atoms. The van der Waals surface area contributed by atoms with Gasteiger partial charge in [-0.25, -0.2) is 0 Å². The summed E-state index contributed by atoms with van der Waals surface area (Å²) in [4.78, 5) is 30.7. The van der Waals surface area contributed by atoms with Crippen molar-refractivity contribution in [2.75, 3.05) is 32.8 Å². The molecule has 2 aliphatic heterocycles. The molecule has 2 aliphatic rings. The lowest BCUT2D eigenvalue weighted by molar-refractivity contribution is -0.138. The molecule has 0 bridgehead atoms. The third-order valence-electron chi connectivity index (χ3n) is 5.78. The van der Waals surface area contributed by atoms with Gasteiger partial charge in [-0.2, -0.15) is 0 Å². The van der Waals surface area contributed by atoms with Crippen molar-refractivity contribution in [1.82, 2.24) is 9.80 Å². The molecule has 0 aliphatic carbocycles. The number of nitrogens with zero attached hydrogens (tertiary/aromatic N) is 2. The molecule has 3 heterocycles. The number of likely N-dealkylation sites (tertiary alicyclic amines) is 1. The Morgan fingerprint density at radius 2 is 1.94 bits per heavy atom. The van der Waals surface area contributed by atoms with Crippen molar-refractivity contribution in [3.63, 3.8) is 0 Å². The first-order valence-corrected chi connectivity index (χ1v) is 11.6. The molecule has 0 spiro atoms. The van der Waals surface area contributed by atoms with E-state index in [1.807, 2.05) is 48.4 Å². The number of rotatable bonds is 7. The molecule has 1 saturated heterocycles. The van der Waals surface area contributed by atoms with Gasteiger partial charge >= 0.3 is 0 Å². The van der Waals surface area contributed by atoms with E-state index in [0.717, 1.165) is 34.6 Å². The van der Waals surface area contributed by atoms with Crippen molar-refractivity contribution in [3.8, 4) is 5.75 Å². The molecule has 6 nitrogen and oxygen atoms in total. The summed E-state index contributed by atoms with van der Waals surface area (Å²) in [5, 5.41) is 11.5. The molecule has 1 atom stereocenters. The summed E-state index contributed by atoms with van der Waals surface area (Å²) in [7, 11) is 0. The van der Waals surface area contributed by atoms with E-state index < -0.39 is 0 Å². The Balaban J connectivity index is 1.53. The first-order chi connectivity index (χ1) is 15.0. The minimum absolute atomic E-state index is 0.0910. The van der Waals surface area contributed by atoms with Gasteiger partial charge in [0, 0.05) is 24.6 Å². The zero-order valence-corrected chi connectivity index (χ0v) is 18.8. The average molecular weight is 441 g/mol. The van der Waals surface area contributed by atoms with Crippen LogP contribution < -0.4 is 4.74 Å².